The Morgan fingerprint density at radius 1 is 1.00 bits per heavy atom. The maximum absolute atomic E-state index is 13.2. The molecular weight excluding hydrogens is 402 g/mol. The number of hydrogen-bond donors (Lipinski definition) is 1. The van der Waals surface area contributed by atoms with Gasteiger partial charge in [-0.1, -0.05) is 0 Å². The number of piperidine rings is 1. The van der Waals surface area contributed by atoms with Crippen molar-refractivity contribution in [1.29, 1.82) is 0 Å². The molecule has 6 rings (SSSR count). The van der Waals surface area contributed by atoms with E-state index in [4.69, 9.17) is 4.74 Å². The molecule has 30 heavy (non-hydrogen) atoms. The van der Waals surface area contributed by atoms with Gasteiger partial charge in [0.05, 0.1) is 19.1 Å². The molecule has 170 valence electrons. The lowest BCUT2D eigenvalue weighted by atomic mass is 9.48. The Morgan fingerprint density at radius 2 is 1.60 bits per heavy atom. The number of hydrogen-bond acceptors (Lipinski definition) is 4. The number of morpholine rings is 1. The Hall–Kier alpha value is -0.700. The van der Waals surface area contributed by atoms with Gasteiger partial charge in [0.25, 0.3) is 10.2 Å². The van der Waals surface area contributed by atoms with E-state index < -0.39 is 10.2 Å². The number of rotatable bonds is 5. The van der Waals surface area contributed by atoms with Crippen LogP contribution in [0.1, 0.15) is 58.3 Å². The van der Waals surface area contributed by atoms with Gasteiger partial charge in [0.2, 0.25) is 5.91 Å². The maximum Gasteiger partial charge on any atom is 0.282 e. The third-order valence-electron chi connectivity index (χ3n) is 8.74. The minimum atomic E-state index is -3.51. The van der Waals surface area contributed by atoms with Crippen LogP contribution in [0.15, 0.2) is 0 Å². The van der Waals surface area contributed by atoms with E-state index >= 15 is 0 Å². The molecule has 4 bridgehead atoms. The molecule has 6 fully saturated rings. The highest BCUT2D eigenvalue weighted by Crippen LogP contribution is 2.61. The molecule has 2 heterocycles. The van der Waals surface area contributed by atoms with Crippen LogP contribution in [0.2, 0.25) is 0 Å². The molecule has 4 aliphatic carbocycles. The fourth-order valence-corrected chi connectivity index (χ4v) is 9.16. The standard InChI is InChI=1S/C22H37N3O4S/c1-16(22-12-17-9-18(13-22)11-19(10-17)14-22)23-21(26)20-3-2-4-25(15-20)30(27,28)24-5-7-29-8-6-24/h16-20H,2-15H2,1H3,(H,23,26). The lowest BCUT2D eigenvalue weighted by Gasteiger charge is -2.59. The number of carbonyl (C=O) groups excluding carboxylic acids is 1. The lowest BCUT2D eigenvalue weighted by Crippen LogP contribution is -2.58. The smallest absolute Gasteiger partial charge is 0.282 e. The number of carbonyl (C=O) groups is 1. The highest BCUT2D eigenvalue weighted by Gasteiger charge is 2.53. The monoisotopic (exact) mass is 439 g/mol. The van der Waals surface area contributed by atoms with Gasteiger partial charge in [0.1, 0.15) is 0 Å². The minimum Gasteiger partial charge on any atom is -0.379 e. The summed E-state index contributed by atoms with van der Waals surface area (Å²) in [7, 11) is -3.51. The second-order valence-electron chi connectivity index (χ2n) is 10.7. The highest BCUT2D eigenvalue weighted by molar-refractivity contribution is 7.86. The lowest BCUT2D eigenvalue weighted by molar-refractivity contribution is -0.130. The van der Waals surface area contributed by atoms with Gasteiger partial charge in [0, 0.05) is 32.2 Å². The summed E-state index contributed by atoms with van der Waals surface area (Å²) in [4.78, 5) is 13.2. The second-order valence-corrected chi connectivity index (χ2v) is 12.7. The first-order valence-corrected chi connectivity index (χ1v) is 13.4. The predicted octanol–water partition coefficient (Wildman–Crippen LogP) is 2.00. The number of nitrogens with one attached hydrogen (secondary N) is 1. The molecule has 2 unspecified atom stereocenters. The molecule has 2 atom stereocenters. The zero-order chi connectivity index (χ0) is 20.9. The van der Waals surface area contributed by atoms with Crippen molar-refractivity contribution >= 4 is 16.1 Å². The number of amides is 1. The van der Waals surface area contributed by atoms with Gasteiger partial charge < -0.3 is 10.1 Å². The van der Waals surface area contributed by atoms with Crippen LogP contribution in [0, 0.1) is 29.1 Å². The fourth-order valence-electron chi connectivity index (χ4n) is 7.50. The van der Waals surface area contributed by atoms with E-state index in [0.717, 1.165) is 30.6 Å². The molecule has 6 aliphatic rings. The zero-order valence-corrected chi connectivity index (χ0v) is 19.0. The summed E-state index contributed by atoms with van der Waals surface area (Å²) in [6.45, 7) is 4.71. The van der Waals surface area contributed by atoms with Gasteiger partial charge in [-0.25, -0.2) is 0 Å². The van der Waals surface area contributed by atoms with E-state index in [0.29, 0.717) is 39.4 Å². The van der Waals surface area contributed by atoms with E-state index in [2.05, 4.69) is 12.2 Å². The van der Waals surface area contributed by atoms with Crippen molar-refractivity contribution in [3.63, 3.8) is 0 Å². The van der Waals surface area contributed by atoms with Crippen LogP contribution in [-0.4, -0.2) is 68.4 Å². The molecule has 0 spiro atoms. The van der Waals surface area contributed by atoms with Crippen molar-refractivity contribution < 1.29 is 17.9 Å². The van der Waals surface area contributed by atoms with E-state index in [9.17, 15) is 13.2 Å². The molecule has 8 heteroatoms. The summed E-state index contributed by atoms with van der Waals surface area (Å²) in [6.07, 6.45) is 9.51. The van der Waals surface area contributed by atoms with Crippen LogP contribution in [0.4, 0.5) is 0 Å². The largest absolute Gasteiger partial charge is 0.379 e. The van der Waals surface area contributed by atoms with Gasteiger partial charge in [-0.05, 0) is 81.5 Å². The average Bonchev–Trinajstić information content (AvgIpc) is 2.73. The van der Waals surface area contributed by atoms with Gasteiger partial charge in [0.15, 0.2) is 0 Å². The average molecular weight is 440 g/mol. The Kier molecular flexibility index (Phi) is 5.65. The van der Waals surface area contributed by atoms with Gasteiger partial charge in [-0.3, -0.25) is 4.79 Å². The molecule has 2 aliphatic heterocycles. The van der Waals surface area contributed by atoms with Crippen LogP contribution in [-0.2, 0) is 19.7 Å². The first-order chi connectivity index (χ1) is 14.4. The zero-order valence-electron chi connectivity index (χ0n) is 18.2. The molecule has 4 saturated carbocycles. The molecule has 0 aromatic heterocycles. The predicted molar refractivity (Wildman–Crippen MR) is 114 cm³/mol. The first-order valence-electron chi connectivity index (χ1n) is 12.0. The van der Waals surface area contributed by atoms with Gasteiger partial charge in [-0.15, -0.1) is 0 Å². The summed E-state index contributed by atoms with van der Waals surface area (Å²) < 4.78 is 34.4. The SMILES string of the molecule is CC(NC(=O)C1CCCN(S(=O)(=O)N2CCOCC2)C1)C12CC3CC(CC(C3)C1)C2. The molecule has 1 amide bonds. The number of ether oxygens (including phenoxy) is 1. The summed E-state index contributed by atoms with van der Waals surface area (Å²) >= 11 is 0. The second kappa shape index (κ2) is 8.01. The van der Waals surface area contributed by atoms with Crippen molar-refractivity contribution in [3.8, 4) is 0 Å². The molecule has 2 saturated heterocycles. The van der Waals surface area contributed by atoms with E-state index in [1.165, 1.54) is 47.1 Å². The van der Waals surface area contributed by atoms with E-state index in [1.807, 2.05) is 0 Å². The molecule has 7 nitrogen and oxygen atoms in total. The van der Waals surface area contributed by atoms with Crippen LogP contribution in [0.25, 0.3) is 0 Å². The van der Waals surface area contributed by atoms with Crippen LogP contribution in [0.5, 0.6) is 0 Å². The maximum atomic E-state index is 13.2. The summed E-state index contributed by atoms with van der Waals surface area (Å²) in [5.74, 6) is 2.39. The third-order valence-corrected chi connectivity index (χ3v) is 10.7. The molecular formula is C22H37N3O4S. The Balaban J connectivity index is 1.22. The van der Waals surface area contributed by atoms with Crippen molar-refractivity contribution in [3.05, 3.63) is 0 Å². The molecule has 0 aromatic carbocycles. The third kappa shape index (κ3) is 3.82. The molecule has 0 radical (unpaired) electrons. The Morgan fingerprint density at radius 3 is 2.20 bits per heavy atom. The quantitative estimate of drug-likeness (QED) is 0.711. The molecule has 1 N–H and O–H groups in total. The Bertz CT molecular complexity index is 729. The van der Waals surface area contributed by atoms with Crippen LogP contribution < -0.4 is 5.32 Å². The summed E-state index contributed by atoms with van der Waals surface area (Å²) in [6, 6.07) is 0.185. The fraction of sp³-hybridized carbons (Fsp3) is 0.955. The van der Waals surface area contributed by atoms with Crippen molar-refractivity contribution in [1.82, 2.24) is 13.9 Å². The topological polar surface area (TPSA) is 79.0 Å². The van der Waals surface area contributed by atoms with Crippen LogP contribution in [0.3, 0.4) is 0 Å². The van der Waals surface area contributed by atoms with Crippen molar-refractivity contribution in [2.45, 2.75) is 64.3 Å². The Labute approximate surface area is 181 Å². The summed E-state index contributed by atoms with van der Waals surface area (Å²) in [5, 5.41) is 3.36. The van der Waals surface area contributed by atoms with Gasteiger partial charge in [-0.2, -0.15) is 17.0 Å². The van der Waals surface area contributed by atoms with E-state index in [1.54, 1.807) is 0 Å². The van der Waals surface area contributed by atoms with Crippen LogP contribution >= 0.6 is 0 Å². The molecule has 0 aromatic rings. The first kappa shape index (κ1) is 21.2. The van der Waals surface area contributed by atoms with Crippen molar-refractivity contribution in [2.24, 2.45) is 29.1 Å². The van der Waals surface area contributed by atoms with Crippen molar-refractivity contribution in [2.75, 3.05) is 39.4 Å². The minimum absolute atomic E-state index is 0.0557. The highest BCUT2D eigenvalue weighted by atomic mass is 32.2. The van der Waals surface area contributed by atoms with E-state index in [-0.39, 0.29) is 23.3 Å². The normalized spacial score (nSPS) is 41.0. The number of nitrogens with zero attached hydrogens (tertiary/aromatic N) is 2. The van der Waals surface area contributed by atoms with Gasteiger partial charge >= 0.3 is 0 Å². The summed E-state index contributed by atoms with van der Waals surface area (Å²) in [5.41, 5.74) is 0.276.